The highest BCUT2D eigenvalue weighted by molar-refractivity contribution is 5.72. The maximum absolute atomic E-state index is 12.0. The Morgan fingerprint density at radius 1 is 1.21 bits per heavy atom. The molecule has 0 bridgehead atoms. The molecule has 0 N–H and O–H groups in total. The Bertz CT molecular complexity index is 739. The first kappa shape index (κ1) is 22.7. The quantitative estimate of drug-likeness (QED) is 0.369. The number of esters is 1. The van der Waals surface area contributed by atoms with E-state index in [-0.39, 0.29) is 11.9 Å². The number of carbonyl (C=O) groups excluding carboxylic acids is 1. The van der Waals surface area contributed by atoms with Gasteiger partial charge < -0.3 is 18.8 Å². The van der Waals surface area contributed by atoms with Crippen molar-refractivity contribution < 1.29 is 19.0 Å². The summed E-state index contributed by atoms with van der Waals surface area (Å²) in [6, 6.07) is 8.12. The molecule has 1 heterocycles. The van der Waals surface area contributed by atoms with Crippen LogP contribution in [0.15, 0.2) is 49.1 Å². The molecule has 29 heavy (non-hydrogen) atoms. The Labute approximate surface area is 173 Å². The standard InChI is InChI=1S/C23H32N2O4/c1-4-29-23(26)21(17-27-2)9-7-5-6-8-20(16-25-15-14-24-18-25)19-10-12-22(28-3)13-11-19/h8,10-15,18,21H,4-7,9,16-17H2,1-3H3. The van der Waals surface area contributed by atoms with Gasteiger partial charge in [-0.1, -0.05) is 24.6 Å². The smallest absolute Gasteiger partial charge is 0.311 e. The lowest BCUT2D eigenvalue weighted by atomic mass is 10.00. The molecular weight excluding hydrogens is 368 g/mol. The summed E-state index contributed by atoms with van der Waals surface area (Å²) in [6.45, 7) is 3.41. The molecule has 0 fully saturated rings. The Kier molecular flexibility index (Phi) is 10.00. The number of allylic oxidation sites excluding steroid dienone is 2. The van der Waals surface area contributed by atoms with Crippen LogP contribution in [-0.2, 0) is 20.8 Å². The average molecular weight is 401 g/mol. The fourth-order valence-corrected chi connectivity index (χ4v) is 3.20. The lowest BCUT2D eigenvalue weighted by Gasteiger charge is -2.14. The van der Waals surface area contributed by atoms with E-state index in [4.69, 9.17) is 14.2 Å². The number of carbonyl (C=O) groups is 1. The fourth-order valence-electron chi connectivity index (χ4n) is 3.20. The van der Waals surface area contributed by atoms with Crippen LogP contribution in [0.3, 0.4) is 0 Å². The van der Waals surface area contributed by atoms with Gasteiger partial charge in [-0.3, -0.25) is 4.79 Å². The summed E-state index contributed by atoms with van der Waals surface area (Å²) in [5.74, 6) is 0.499. The molecule has 0 aliphatic heterocycles. The van der Waals surface area contributed by atoms with Crippen molar-refractivity contribution in [2.24, 2.45) is 5.92 Å². The third kappa shape index (κ3) is 7.74. The van der Waals surface area contributed by atoms with Crippen LogP contribution in [0.5, 0.6) is 5.75 Å². The van der Waals surface area contributed by atoms with Crippen molar-refractivity contribution in [1.29, 1.82) is 0 Å². The summed E-state index contributed by atoms with van der Waals surface area (Å²) in [7, 11) is 3.29. The maximum atomic E-state index is 12.0. The van der Waals surface area contributed by atoms with E-state index in [1.165, 1.54) is 11.1 Å². The van der Waals surface area contributed by atoms with E-state index < -0.39 is 0 Å². The predicted octanol–water partition coefficient (Wildman–Crippen LogP) is 4.36. The molecule has 1 aromatic heterocycles. The predicted molar refractivity (Wildman–Crippen MR) is 114 cm³/mol. The van der Waals surface area contributed by atoms with Gasteiger partial charge in [0.1, 0.15) is 5.75 Å². The summed E-state index contributed by atoms with van der Waals surface area (Å²) < 4.78 is 17.6. The zero-order valence-corrected chi connectivity index (χ0v) is 17.7. The molecule has 1 atom stereocenters. The van der Waals surface area contributed by atoms with Crippen molar-refractivity contribution in [3.63, 3.8) is 0 Å². The number of aromatic nitrogens is 2. The van der Waals surface area contributed by atoms with Gasteiger partial charge in [-0.15, -0.1) is 0 Å². The Morgan fingerprint density at radius 2 is 2.00 bits per heavy atom. The van der Waals surface area contributed by atoms with E-state index in [1.807, 2.05) is 31.6 Å². The number of hydrogen-bond acceptors (Lipinski definition) is 5. The monoisotopic (exact) mass is 400 g/mol. The van der Waals surface area contributed by atoms with Crippen LogP contribution in [-0.4, -0.2) is 43.0 Å². The number of unbranched alkanes of at least 4 members (excludes halogenated alkanes) is 2. The number of benzene rings is 1. The van der Waals surface area contributed by atoms with Gasteiger partial charge in [0.25, 0.3) is 0 Å². The van der Waals surface area contributed by atoms with Crippen molar-refractivity contribution in [2.45, 2.75) is 39.2 Å². The van der Waals surface area contributed by atoms with Crippen LogP contribution < -0.4 is 4.74 Å². The zero-order chi connectivity index (χ0) is 20.9. The van der Waals surface area contributed by atoms with Gasteiger partial charge in [0.2, 0.25) is 0 Å². The highest BCUT2D eigenvalue weighted by Crippen LogP contribution is 2.22. The molecule has 0 radical (unpaired) electrons. The van der Waals surface area contributed by atoms with E-state index in [0.717, 1.165) is 38.0 Å². The van der Waals surface area contributed by atoms with Crippen molar-refractivity contribution in [3.8, 4) is 5.75 Å². The van der Waals surface area contributed by atoms with Gasteiger partial charge in [-0.2, -0.15) is 0 Å². The molecule has 1 unspecified atom stereocenters. The minimum atomic E-state index is -0.184. The largest absolute Gasteiger partial charge is 0.497 e. The van der Waals surface area contributed by atoms with Crippen molar-refractivity contribution in [2.75, 3.05) is 27.4 Å². The molecule has 0 amide bonds. The van der Waals surface area contributed by atoms with E-state index in [9.17, 15) is 4.79 Å². The molecule has 158 valence electrons. The average Bonchev–Trinajstić information content (AvgIpc) is 3.25. The Morgan fingerprint density at radius 3 is 2.62 bits per heavy atom. The number of hydrogen-bond donors (Lipinski definition) is 0. The first-order valence-electron chi connectivity index (χ1n) is 10.1. The molecule has 2 aromatic rings. The van der Waals surface area contributed by atoms with Crippen LogP contribution in [0.2, 0.25) is 0 Å². The number of nitrogens with zero attached hydrogens (tertiary/aromatic N) is 2. The SMILES string of the molecule is CCOC(=O)C(CCCCC=C(Cn1ccnc1)c1ccc(OC)cc1)COC. The molecule has 0 saturated carbocycles. The summed E-state index contributed by atoms with van der Waals surface area (Å²) in [6.07, 6.45) is 11.5. The molecular formula is C23H32N2O4. The van der Waals surface area contributed by atoms with Gasteiger partial charge >= 0.3 is 5.97 Å². The van der Waals surface area contributed by atoms with Crippen molar-refractivity contribution in [1.82, 2.24) is 9.55 Å². The molecule has 1 aromatic carbocycles. The van der Waals surface area contributed by atoms with Crippen LogP contribution in [0.4, 0.5) is 0 Å². The first-order chi connectivity index (χ1) is 14.2. The van der Waals surface area contributed by atoms with Gasteiger partial charge in [-0.05, 0) is 49.5 Å². The minimum absolute atomic E-state index is 0.163. The van der Waals surface area contributed by atoms with Crippen LogP contribution in [0.1, 0.15) is 38.2 Å². The Hall–Kier alpha value is -2.60. The third-order valence-corrected chi connectivity index (χ3v) is 4.76. The topological polar surface area (TPSA) is 62.6 Å². The van der Waals surface area contributed by atoms with Crippen LogP contribution >= 0.6 is 0 Å². The van der Waals surface area contributed by atoms with Gasteiger partial charge in [0.05, 0.1) is 32.6 Å². The first-order valence-corrected chi connectivity index (χ1v) is 10.1. The summed E-state index contributed by atoms with van der Waals surface area (Å²) in [4.78, 5) is 16.1. The lowest BCUT2D eigenvalue weighted by Crippen LogP contribution is -2.22. The number of imidazole rings is 1. The minimum Gasteiger partial charge on any atom is -0.497 e. The van der Waals surface area contributed by atoms with E-state index in [1.54, 1.807) is 20.4 Å². The molecule has 0 saturated heterocycles. The molecule has 0 aliphatic rings. The third-order valence-electron chi connectivity index (χ3n) is 4.76. The van der Waals surface area contributed by atoms with E-state index in [0.29, 0.717) is 13.2 Å². The fraction of sp³-hybridized carbons (Fsp3) is 0.478. The number of rotatable bonds is 13. The molecule has 0 spiro atoms. The van der Waals surface area contributed by atoms with Gasteiger partial charge in [-0.25, -0.2) is 4.98 Å². The summed E-state index contributed by atoms with van der Waals surface area (Å²) >= 11 is 0. The highest BCUT2D eigenvalue weighted by atomic mass is 16.5. The van der Waals surface area contributed by atoms with E-state index in [2.05, 4.69) is 27.8 Å². The molecule has 6 nitrogen and oxygen atoms in total. The second-order valence-corrected chi connectivity index (χ2v) is 6.88. The normalized spacial score (nSPS) is 12.6. The maximum Gasteiger partial charge on any atom is 0.311 e. The second-order valence-electron chi connectivity index (χ2n) is 6.88. The van der Waals surface area contributed by atoms with Gasteiger partial charge in [0.15, 0.2) is 0 Å². The van der Waals surface area contributed by atoms with Crippen LogP contribution in [0, 0.1) is 5.92 Å². The number of methoxy groups -OCH3 is 2. The number of ether oxygens (including phenoxy) is 3. The lowest BCUT2D eigenvalue weighted by molar-refractivity contribution is -0.150. The molecule has 2 rings (SSSR count). The zero-order valence-electron chi connectivity index (χ0n) is 17.7. The van der Waals surface area contributed by atoms with Gasteiger partial charge in [0, 0.05) is 26.0 Å². The van der Waals surface area contributed by atoms with Crippen molar-refractivity contribution >= 4 is 11.5 Å². The summed E-state index contributed by atoms with van der Waals surface area (Å²) in [5.41, 5.74) is 2.41. The second kappa shape index (κ2) is 12.8. The van der Waals surface area contributed by atoms with Crippen molar-refractivity contribution in [3.05, 3.63) is 54.6 Å². The highest BCUT2D eigenvalue weighted by Gasteiger charge is 2.18. The van der Waals surface area contributed by atoms with E-state index >= 15 is 0 Å². The summed E-state index contributed by atoms with van der Waals surface area (Å²) in [5, 5.41) is 0. The molecule has 0 aliphatic carbocycles. The molecule has 6 heteroatoms. The van der Waals surface area contributed by atoms with Crippen LogP contribution in [0.25, 0.3) is 5.57 Å². The Balaban J connectivity index is 1.95.